The van der Waals surface area contributed by atoms with E-state index in [9.17, 15) is 19.3 Å². The normalized spacial score (nSPS) is 11.1. The highest BCUT2D eigenvalue weighted by atomic mass is 35.5. The van der Waals surface area contributed by atoms with Crippen LogP contribution in [0.1, 0.15) is 0 Å². The van der Waals surface area contributed by atoms with E-state index < -0.39 is 16.6 Å². The van der Waals surface area contributed by atoms with Crippen LogP contribution in [0.15, 0.2) is 78.1 Å². The Balaban J connectivity index is 1.45. The van der Waals surface area contributed by atoms with Crippen LogP contribution in [-0.4, -0.2) is 36.3 Å². The van der Waals surface area contributed by atoms with Crippen molar-refractivity contribution in [2.24, 2.45) is 0 Å². The van der Waals surface area contributed by atoms with Gasteiger partial charge < -0.3 is 10.3 Å². The van der Waals surface area contributed by atoms with Gasteiger partial charge in [-0.25, -0.2) is 4.39 Å². The third-order valence-electron chi connectivity index (χ3n) is 5.32. The van der Waals surface area contributed by atoms with Crippen LogP contribution in [0.5, 0.6) is 0 Å². The molecule has 36 heavy (non-hydrogen) atoms. The first kappa shape index (κ1) is 23.5. The smallest absolute Gasteiger partial charge is 0.271 e. The number of hydrogen-bond acceptors (Lipinski definition) is 6. The molecule has 0 saturated heterocycles. The average molecular weight is 523 g/mol. The molecule has 0 radical (unpaired) electrons. The van der Waals surface area contributed by atoms with Gasteiger partial charge in [-0.3, -0.25) is 19.5 Å². The van der Waals surface area contributed by atoms with Gasteiger partial charge in [-0.15, -0.1) is 10.2 Å². The predicted octanol–water partition coefficient (Wildman–Crippen LogP) is 5.85. The summed E-state index contributed by atoms with van der Waals surface area (Å²) < 4.78 is 15.9. The van der Waals surface area contributed by atoms with Gasteiger partial charge >= 0.3 is 0 Å². The fourth-order valence-corrected chi connectivity index (χ4v) is 4.53. The number of nitrogens with zero attached hydrogens (tertiary/aromatic N) is 4. The molecular formula is C24H16ClFN6O3S. The highest BCUT2D eigenvalue weighted by Crippen LogP contribution is 2.33. The topological polar surface area (TPSA) is 119 Å². The maximum Gasteiger partial charge on any atom is 0.271 e. The van der Waals surface area contributed by atoms with Gasteiger partial charge in [-0.2, -0.15) is 0 Å². The van der Waals surface area contributed by atoms with Crippen molar-refractivity contribution < 1.29 is 14.1 Å². The molecule has 0 aliphatic rings. The molecule has 5 aromatic rings. The molecule has 0 aliphatic heterocycles. The van der Waals surface area contributed by atoms with Gasteiger partial charge in [0.2, 0.25) is 5.91 Å². The highest BCUT2D eigenvalue weighted by molar-refractivity contribution is 7.99. The van der Waals surface area contributed by atoms with Gasteiger partial charge in [0, 0.05) is 45.5 Å². The number of aromatic amines is 1. The maximum absolute atomic E-state index is 14.1. The van der Waals surface area contributed by atoms with Gasteiger partial charge in [0.05, 0.1) is 16.4 Å². The largest absolute Gasteiger partial charge is 0.360 e. The molecule has 0 saturated carbocycles. The molecule has 0 bridgehead atoms. The summed E-state index contributed by atoms with van der Waals surface area (Å²) >= 11 is 7.17. The summed E-state index contributed by atoms with van der Waals surface area (Å²) in [6.45, 7) is 0. The Morgan fingerprint density at radius 2 is 1.92 bits per heavy atom. The number of rotatable bonds is 7. The molecular weight excluding hydrogens is 507 g/mol. The minimum atomic E-state index is -0.773. The number of H-pyrrole nitrogens is 1. The summed E-state index contributed by atoms with van der Waals surface area (Å²) in [7, 11) is 0. The number of nitro groups is 1. The number of hydrogen-bond donors (Lipinski definition) is 2. The minimum absolute atomic E-state index is 0.137. The fraction of sp³-hybridized carbons (Fsp3) is 0.0417. The zero-order valence-electron chi connectivity index (χ0n) is 18.3. The SMILES string of the molecule is O=C(CSc1nnc(-c2c[nH]c3ccccc23)n1-c1ccc(Cl)cc1)Nc1cc([N+](=O)[O-])ccc1F. The first-order valence-electron chi connectivity index (χ1n) is 10.5. The monoisotopic (exact) mass is 522 g/mol. The number of amides is 1. The van der Waals surface area contributed by atoms with Gasteiger partial charge in [-0.05, 0) is 36.4 Å². The van der Waals surface area contributed by atoms with E-state index in [1.165, 1.54) is 0 Å². The van der Waals surface area contributed by atoms with E-state index in [1.54, 1.807) is 16.7 Å². The molecule has 0 fully saturated rings. The minimum Gasteiger partial charge on any atom is -0.360 e. The summed E-state index contributed by atoms with van der Waals surface area (Å²) in [5.41, 5.74) is 1.89. The quantitative estimate of drug-likeness (QED) is 0.157. The molecule has 0 atom stereocenters. The summed E-state index contributed by atoms with van der Waals surface area (Å²) in [4.78, 5) is 26.1. The van der Waals surface area contributed by atoms with Crippen molar-refractivity contribution in [3.63, 3.8) is 0 Å². The zero-order chi connectivity index (χ0) is 25.2. The first-order valence-corrected chi connectivity index (χ1v) is 11.9. The summed E-state index contributed by atoms with van der Waals surface area (Å²) in [5.74, 6) is -0.909. The van der Waals surface area contributed by atoms with Crippen LogP contribution < -0.4 is 5.32 Å². The number of carbonyl (C=O) groups is 1. The van der Waals surface area contributed by atoms with Crippen molar-refractivity contribution >= 4 is 51.5 Å². The van der Waals surface area contributed by atoms with Crippen molar-refractivity contribution in [3.05, 3.63) is 93.9 Å². The predicted molar refractivity (Wildman–Crippen MR) is 136 cm³/mol. The third kappa shape index (κ3) is 4.66. The molecule has 1 amide bonds. The number of fused-ring (bicyclic) bond motifs is 1. The molecule has 0 unspecified atom stereocenters. The number of nitrogens with one attached hydrogen (secondary N) is 2. The summed E-state index contributed by atoms with van der Waals surface area (Å²) in [6, 6.07) is 17.8. The second-order valence-electron chi connectivity index (χ2n) is 7.62. The second-order valence-corrected chi connectivity index (χ2v) is 9.00. The molecule has 2 heterocycles. The third-order valence-corrected chi connectivity index (χ3v) is 6.50. The molecule has 180 valence electrons. The maximum atomic E-state index is 14.1. The van der Waals surface area contributed by atoms with Gasteiger partial charge in [0.1, 0.15) is 5.82 Å². The zero-order valence-corrected chi connectivity index (χ0v) is 19.9. The Bertz CT molecular complexity index is 1600. The Kier molecular flexibility index (Phi) is 6.40. The molecule has 0 aliphatic carbocycles. The van der Waals surface area contributed by atoms with E-state index >= 15 is 0 Å². The van der Waals surface area contributed by atoms with Gasteiger partial charge in [0.25, 0.3) is 5.69 Å². The van der Waals surface area contributed by atoms with E-state index in [1.807, 2.05) is 42.6 Å². The van der Waals surface area contributed by atoms with Gasteiger partial charge in [0.15, 0.2) is 11.0 Å². The Morgan fingerprint density at radius 1 is 1.14 bits per heavy atom. The Morgan fingerprint density at radius 3 is 2.69 bits per heavy atom. The van der Waals surface area contributed by atoms with Crippen molar-refractivity contribution in [2.45, 2.75) is 5.16 Å². The van der Waals surface area contributed by atoms with Gasteiger partial charge in [-0.1, -0.05) is 41.6 Å². The van der Waals surface area contributed by atoms with Crippen molar-refractivity contribution in [3.8, 4) is 17.1 Å². The lowest BCUT2D eigenvalue weighted by Crippen LogP contribution is -2.15. The number of halogens is 2. The number of aromatic nitrogens is 4. The number of nitro benzene ring substituents is 1. The van der Waals surface area contributed by atoms with Crippen LogP contribution in [0.25, 0.3) is 28.0 Å². The highest BCUT2D eigenvalue weighted by Gasteiger charge is 2.20. The van der Waals surface area contributed by atoms with E-state index in [0.29, 0.717) is 16.0 Å². The van der Waals surface area contributed by atoms with Crippen molar-refractivity contribution in [1.29, 1.82) is 0 Å². The molecule has 12 heteroatoms. The molecule has 3 aromatic carbocycles. The van der Waals surface area contributed by atoms with Crippen molar-refractivity contribution in [2.75, 3.05) is 11.1 Å². The van der Waals surface area contributed by atoms with Crippen LogP contribution in [-0.2, 0) is 4.79 Å². The lowest BCUT2D eigenvalue weighted by atomic mass is 10.1. The average Bonchev–Trinajstić information content (AvgIpc) is 3.48. The molecule has 2 aromatic heterocycles. The number of anilines is 1. The standard InChI is InChI=1S/C24H16ClFN6O3S/c25-14-5-7-15(8-6-14)31-23(18-12-27-20-4-2-1-3-17(18)20)29-30-24(31)36-13-22(33)28-21-11-16(32(34)35)9-10-19(21)26/h1-12,27H,13H2,(H,28,33). The first-order chi connectivity index (χ1) is 17.4. The number of benzene rings is 3. The molecule has 0 spiro atoms. The van der Waals surface area contributed by atoms with Crippen LogP contribution >= 0.6 is 23.4 Å². The Labute approximate surface area is 212 Å². The summed E-state index contributed by atoms with van der Waals surface area (Å²) in [6.07, 6.45) is 1.84. The van der Waals surface area contributed by atoms with Crippen molar-refractivity contribution in [1.82, 2.24) is 19.7 Å². The Hall–Kier alpha value is -4.22. The lowest BCUT2D eigenvalue weighted by Gasteiger charge is -2.10. The fourth-order valence-electron chi connectivity index (χ4n) is 3.66. The number of thioether (sulfide) groups is 1. The number of para-hydroxylation sites is 1. The van der Waals surface area contributed by atoms with E-state index in [-0.39, 0.29) is 17.1 Å². The van der Waals surface area contributed by atoms with E-state index in [4.69, 9.17) is 11.6 Å². The van der Waals surface area contributed by atoms with E-state index in [2.05, 4.69) is 20.5 Å². The molecule has 5 rings (SSSR count). The number of carbonyl (C=O) groups excluding carboxylic acids is 1. The van der Waals surface area contributed by atoms with Crippen LogP contribution in [0.2, 0.25) is 5.02 Å². The number of non-ortho nitro benzene ring substituents is 1. The van der Waals surface area contributed by atoms with Crippen LogP contribution in [0, 0.1) is 15.9 Å². The van der Waals surface area contributed by atoms with Crippen LogP contribution in [0.3, 0.4) is 0 Å². The van der Waals surface area contributed by atoms with Crippen LogP contribution in [0.4, 0.5) is 15.8 Å². The van der Waals surface area contributed by atoms with E-state index in [0.717, 1.165) is 52.1 Å². The molecule has 2 N–H and O–H groups in total. The lowest BCUT2D eigenvalue weighted by molar-refractivity contribution is -0.384. The summed E-state index contributed by atoms with van der Waals surface area (Å²) in [5, 5.41) is 24.0. The molecule has 9 nitrogen and oxygen atoms in total. The second kappa shape index (κ2) is 9.80.